The van der Waals surface area contributed by atoms with E-state index in [0.29, 0.717) is 24.0 Å². The summed E-state index contributed by atoms with van der Waals surface area (Å²) in [4.78, 5) is 38.4. The van der Waals surface area contributed by atoms with Crippen molar-refractivity contribution in [1.82, 2.24) is 0 Å². The van der Waals surface area contributed by atoms with Crippen molar-refractivity contribution in [3.63, 3.8) is 0 Å². The number of rotatable bonds is 4. The lowest BCUT2D eigenvalue weighted by Gasteiger charge is -2.55. The van der Waals surface area contributed by atoms with Crippen LogP contribution < -0.4 is 0 Å². The number of Topliss-reactive ketones (excluding diaryl/α,β-unsaturated/α-hetero) is 2. The number of carbonyl (C=O) groups excluding carboxylic acids is 3. The highest BCUT2D eigenvalue weighted by Crippen LogP contribution is 2.60. The number of furan rings is 1. The van der Waals surface area contributed by atoms with E-state index in [4.69, 9.17) is 9.15 Å². The van der Waals surface area contributed by atoms with Crippen LogP contribution in [0.2, 0.25) is 0 Å². The third kappa shape index (κ3) is 2.82. The highest BCUT2D eigenvalue weighted by atomic mass is 16.5. The molecule has 0 saturated heterocycles. The van der Waals surface area contributed by atoms with Crippen molar-refractivity contribution in [1.29, 1.82) is 0 Å². The summed E-state index contributed by atoms with van der Waals surface area (Å²) >= 11 is 0. The van der Waals surface area contributed by atoms with Crippen LogP contribution in [0.25, 0.3) is 0 Å². The molecule has 6 nitrogen and oxygen atoms in total. The standard InChI is InChI=1S/C21H26O6/c1-12-14(10-15(22)13-6-9-27-11-13)20(2)7-5-8-21(3,19(25)26-4)18(20)17(24)16(12)23/h6,9,11,14,18,23H,5,7-8,10H2,1-4H3/t14-,18+,20+,21-/m0/s1. The quantitative estimate of drug-likeness (QED) is 0.635. The molecule has 2 aliphatic carbocycles. The summed E-state index contributed by atoms with van der Waals surface area (Å²) in [6.07, 6.45) is 4.94. The molecule has 1 fully saturated rings. The Bertz CT molecular complexity index is 805. The zero-order valence-corrected chi connectivity index (χ0v) is 16.2. The van der Waals surface area contributed by atoms with E-state index in [9.17, 15) is 19.5 Å². The molecule has 3 rings (SSSR count). The maximum absolute atomic E-state index is 13.1. The maximum Gasteiger partial charge on any atom is 0.312 e. The molecule has 0 unspecified atom stereocenters. The van der Waals surface area contributed by atoms with Gasteiger partial charge in [0.1, 0.15) is 6.26 Å². The number of methoxy groups -OCH3 is 1. The molecular formula is C21H26O6. The topological polar surface area (TPSA) is 93.8 Å². The number of aliphatic hydroxyl groups is 1. The third-order valence-corrected chi connectivity index (χ3v) is 6.78. The van der Waals surface area contributed by atoms with Crippen LogP contribution in [0, 0.1) is 22.7 Å². The fourth-order valence-corrected chi connectivity index (χ4v) is 5.37. The minimum Gasteiger partial charge on any atom is -0.504 e. The van der Waals surface area contributed by atoms with Crippen molar-refractivity contribution < 1.29 is 28.6 Å². The number of aliphatic hydroxyl groups excluding tert-OH is 1. The zero-order valence-electron chi connectivity index (χ0n) is 16.2. The average molecular weight is 374 g/mol. The van der Waals surface area contributed by atoms with E-state index in [1.54, 1.807) is 19.9 Å². The second-order valence-electron chi connectivity index (χ2n) is 8.29. The molecule has 1 N–H and O–H groups in total. The Morgan fingerprint density at radius 3 is 2.63 bits per heavy atom. The first-order valence-corrected chi connectivity index (χ1v) is 9.24. The number of ether oxygens (including phenoxy) is 1. The smallest absolute Gasteiger partial charge is 0.312 e. The number of hydrogen-bond donors (Lipinski definition) is 1. The average Bonchev–Trinajstić information content (AvgIpc) is 3.17. The maximum atomic E-state index is 13.1. The Labute approximate surface area is 158 Å². The van der Waals surface area contributed by atoms with Gasteiger partial charge < -0.3 is 14.3 Å². The molecule has 6 heteroatoms. The summed E-state index contributed by atoms with van der Waals surface area (Å²) in [6, 6.07) is 1.61. The van der Waals surface area contributed by atoms with Gasteiger partial charge in [0.15, 0.2) is 11.5 Å². The molecule has 0 radical (unpaired) electrons. The van der Waals surface area contributed by atoms with Gasteiger partial charge in [0.05, 0.1) is 24.4 Å². The number of allylic oxidation sites excluding steroid dienone is 2. The van der Waals surface area contributed by atoms with Crippen LogP contribution in [-0.4, -0.2) is 29.8 Å². The summed E-state index contributed by atoms with van der Waals surface area (Å²) in [7, 11) is 1.31. The number of hydrogen-bond acceptors (Lipinski definition) is 6. The van der Waals surface area contributed by atoms with Crippen LogP contribution in [0.3, 0.4) is 0 Å². The second-order valence-corrected chi connectivity index (χ2v) is 8.29. The van der Waals surface area contributed by atoms with Gasteiger partial charge >= 0.3 is 5.97 Å². The molecule has 1 aromatic heterocycles. The zero-order chi connectivity index (χ0) is 20.0. The van der Waals surface area contributed by atoms with Crippen LogP contribution in [0.5, 0.6) is 0 Å². The monoisotopic (exact) mass is 374 g/mol. The molecule has 1 aromatic rings. The van der Waals surface area contributed by atoms with Gasteiger partial charge in [-0.1, -0.05) is 13.3 Å². The van der Waals surface area contributed by atoms with Crippen LogP contribution >= 0.6 is 0 Å². The second kappa shape index (κ2) is 6.66. The van der Waals surface area contributed by atoms with Gasteiger partial charge in [-0.05, 0) is 49.7 Å². The van der Waals surface area contributed by atoms with Gasteiger partial charge in [-0.15, -0.1) is 0 Å². The summed E-state index contributed by atoms with van der Waals surface area (Å²) in [5.41, 5.74) is -0.658. The number of fused-ring (bicyclic) bond motifs is 1. The molecule has 4 atom stereocenters. The number of esters is 1. The Morgan fingerprint density at radius 1 is 1.33 bits per heavy atom. The van der Waals surface area contributed by atoms with Crippen LogP contribution in [-0.2, 0) is 14.3 Å². The lowest BCUT2D eigenvalue weighted by atomic mass is 9.47. The molecule has 1 saturated carbocycles. The first-order chi connectivity index (χ1) is 12.7. The fraction of sp³-hybridized carbons (Fsp3) is 0.571. The molecule has 0 aromatic carbocycles. The SMILES string of the molecule is COC(=O)[C@@]1(C)CCC[C@@]2(C)[C@H]1C(=O)C(O)=C(C)[C@@H]2CC(=O)c1ccoc1. The van der Waals surface area contributed by atoms with E-state index >= 15 is 0 Å². The fourth-order valence-electron chi connectivity index (χ4n) is 5.37. The van der Waals surface area contributed by atoms with Gasteiger partial charge in [-0.25, -0.2) is 0 Å². The first kappa shape index (κ1) is 19.4. The van der Waals surface area contributed by atoms with Gasteiger partial charge in [0.2, 0.25) is 5.78 Å². The Balaban J connectivity index is 2.07. The molecule has 146 valence electrons. The van der Waals surface area contributed by atoms with E-state index in [-0.39, 0.29) is 23.9 Å². The molecular weight excluding hydrogens is 348 g/mol. The highest BCUT2D eigenvalue weighted by Gasteiger charge is 2.62. The lowest BCUT2D eigenvalue weighted by Crippen LogP contribution is -2.57. The van der Waals surface area contributed by atoms with Gasteiger partial charge in [-0.2, -0.15) is 0 Å². The third-order valence-electron chi connectivity index (χ3n) is 6.78. The normalized spacial score (nSPS) is 33.6. The van der Waals surface area contributed by atoms with E-state index in [0.717, 1.165) is 6.42 Å². The van der Waals surface area contributed by atoms with Gasteiger partial charge in [-0.3, -0.25) is 14.4 Å². The first-order valence-electron chi connectivity index (χ1n) is 9.24. The molecule has 0 bridgehead atoms. The summed E-state index contributed by atoms with van der Waals surface area (Å²) in [5, 5.41) is 10.5. The molecule has 0 aliphatic heterocycles. The van der Waals surface area contributed by atoms with Crippen molar-refractivity contribution in [2.24, 2.45) is 22.7 Å². The van der Waals surface area contributed by atoms with Crippen LogP contribution in [0.15, 0.2) is 34.3 Å². The number of carbonyl (C=O) groups is 3. The Morgan fingerprint density at radius 2 is 2.04 bits per heavy atom. The molecule has 27 heavy (non-hydrogen) atoms. The minimum absolute atomic E-state index is 0.111. The van der Waals surface area contributed by atoms with Crippen LogP contribution in [0.4, 0.5) is 0 Å². The molecule has 1 heterocycles. The predicted molar refractivity (Wildman–Crippen MR) is 97.1 cm³/mol. The molecule has 0 amide bonds. The summed E-state index contributed by atoms with van der Waals surface area (Å²) in [6.45, 7) is 5.40. The van der Waals surface area contributed by atoms with Crippen molar-refractivity contribution in [2.75, 3.05) is 7.11 Å². The predicted octanol–water partition coefficient (Wildman–Crippen LogP) is 3.87. The van der Waals surface area contributed by atoms with Gasteiger partial charge in [0.25, 0.3) is 0 Å². The lowest BCUT2D eigenvalue weighted by molar-refractivity contribution is -0.171. The molecule has 0 spiro atoms. The van der Waals surface area contributed by atoms with Crippen LogP contribution in [0.1, 0.15) is 56.8 Å². The van der Waals surface area contributed by atoms with E-state index in [1.165, 1.54) is 19.6 Å². The Hall–Kier alpha value is -2.37. The van der Waals surface area contributed by atoms with Crippen molar-refractivity contribution in [2.45, 2.75) is 46.5 Å². The van der Waals surface area contributed by atoms with E-state index in [2.05, 4.69) is 0 Å². The van der Waals surface area contributed by atoms with Crippen molar-refractivity contribution in [3.8, 4) is 0 Å². The number of ketones is 2. The minimum atomic E-state index is -1.02. The van der Waals surface area contributed by atoms with Gasteiger partial charge in [0, 0.05) is 12.3 Å². The Kier molecular flexibility index (Phi) is 4.78. The summed E-state index contributed by atoms with van der Waals surface area (Å²) in [5.74, 6) is -2.36. The van der Waals surface area contributed by atoms with Crippen molar-refractivity contribution >= 4 is 17.5 Å². The van der Waals surface area contributed by atoms with Crippen molar-refractivity contribution in [3.05, 3.63) is 35.5 Å². The summed E-state index contributed by atoms with van der Waals surface area (Å²) < 4.78 is 10.0. The van der Waals surface area contributed by atoms with E-state index in [1.807, 2.05) is 6.92 Å². The van der Waals surface area contributed by atoms with E-state index < -0.39 is 28.5 Å². The highest BCUT2D eigenvalue weighted by molar-refractivity contribution is 6.02. The largest absolute Gasteiger partial charge is 0.504 e. The molecule has 2 aliphatic rings.